The number of hydrogen-bond donors (Lipinski definition) is 1. The number of hydrogen-bond acceptors (Lipinski definition) is 1. The summed E-state index contributed by atoms with van der Waals surface area (Å²) in [6.07, 6.45) is 3.93. The highest BCUT2D eigenvalue weighted by molar-refractivity contribution is 4.62. The van der Waals surface area contributed by atoms with Gasteiger partial charge in [-0.2, -0.15) is 0 Å². The summed E-state index contributed by atoms with van der Waals surface area (Å²) in [6.45, 7) is 11.5. The maximum absolute atomic E-state index is 3.49. The fraction of sp³-hybridized carbons (Fsp3) is 1.00. The van der Waals surface area contributed by atoms with E-state index in [9.17, 15) is 0 Å². The zero-order valence-electron chi connectivity index (χ0n) is 9.19. The minimum Gasteiger partial charge on any atom is -0.316 e. The summed E-state index contributed by atoms with van der Waals surface area (Å²) in [7, 11) is 0. The van der Waals surface area contributed by atoms with Gasteiger partial charge in [-0.15, -0.1) is 0 Å². The average molecular weight is 171 g/mol. The van der Waals surface area contributed by atoms with E-state index >= 15 is 0 Å². The third kappa shape index (κ3) is 6.66. The Kier molecular flexibility index (Phi) is 7.58. The Bertz CT molecular complexity index is 89.0. The highest BCUT2D eigenvalue weighted by atomic mass is 14.8. The molecule has 1 nitrogen and oxygen atoms in total. The molecule has 0 aromatic heterocycles. The van der Waals surface area contributed by atoms with Gasteiger partial charge in [0.05, 0.1) is 0 Å². The number of nitrogens with one attached hydrogen (secondary N) is 1. The van der Waals surface area contributed by atoms with Gasteiger partial charge in [0.1, 0.15) is 0 Å². The van der Waals surface area contributed by atoms with Gasteiger partial charge < -0.3 is 5.32 Å². The van der Waals surface area contributed by atoms with Crippen molar-refractivity contribution in [1.82, 2.24) is 5.32 Å². The average Bonchev–Trinajstić information content (AvgIpc) is 2.02. The van der Waals surface area contributed by atoms with Gasteiger partial charge in [-0.05, 0) is 37.8 Å². The first-order valence-electron chi connectivity index (χ1n) is 5.41. The van der Waals surface area contributed by atoms with E-state index in [1.54, 1.807) is 0 Å². The summed E-state index contributed by atoms with van der Waals surface area (Å²) in [5, 5.41) is 3.49. The standard InChI is InChI=1S/C11H25N/c1-5-7-12-9-11(6-2)8-10(3)4/h10-12H,5-9H2,1-4H3. The first-order valence-corrected chi connectivity index (χ1v) is 5.41. The van der Waals surface area contributed by atoms with Crippen LogP contribution in [0.5, 0.6) is 0 Å². The SMILES string of the molecule is CCCNCC(CC)CC(C)C. The molecule has 12 heavy (non-hydrogen) atoms. The molecule has 0 fully saturated rings. The van der Waals surface area contributed by atoms with Crippen LogP contribution in [-0.2, 0) is 0 Å². The van der Waals surface area contributed by atoms with Crippen LogP contribution in [0, 0.1) is 11.8 Å². The summed E-state index contributed by atoms with van der Waals surface area (Å²) >= 11 is 0. The summed E-state index contributed by atoms with van der Waals surface area (Å²) in [4.78, 5) is 0. The van der Waals surface area contributed by atoms with Crippen molar-refractivity contribution in [2.45, 2.75) is 47.0 Å². The van der Waals surface area contributed by atoms with Crippen molar-refractivity contribution in [3.05, 3.63) is 0 Å². The molecule has 0 bridgehead atoms. The van der Waals surface area contributed by atoms with Crippen LogP contribution in [0.4, 0.5) is 0 Å². The van der Waals surface area contributed by atoms with Gasteiger partial charge in [0, 0.05) is 0 Å². The van der Waals surface area contributed by atoms with Crippen LogP contribution in [0.3, 0.4) is 0 Å². The molecule has 1 unspecified atom stereocenters. The normalized spacial score (nSPS) is 13.8. The lowest BCUT2D eigenvalue weighted by Gasteiger charge is -2.17. The molecule has 74 valence electrons. The Morgan fingerprint density at radius 1 is 1.17 bits per heavy atom. The molecule has 0 aliphatic rings. The fourth-order valence-electron chi connectivity index (χ4n) is 1.54. The van der Waals surface area contributed by atoms with Gasteiger partial charge in [0.2, 0.25) is 0 Å². The molecular weight excluding hydrogens is 146 g/mol. The molecule has 0 saturated heterocycles. The fourth-order valence-corrected chi connectivity index (χ4v) is 1.54. The Hall–Kier alpha value is -0.0400. The maximum Gasteiger partial charge on any atom is -0.00205 e. The summed E-state index contributed by atoms with van der Waals surface area (Å²) in [5.41, 5.74) is 0. The Morgan fingerprint density at radius 2 is 1.83 bits per heavy atom. The Labute approximate surface area is 77.9 Å². The molecule has 0 saturated carbocycles. The van der Waals surface area contributed by atoms with Gasteiger partial charge in [-0.1, -0.05) is 34.1 Å². The predicted octanol–water partition coefficient (Wildman–Crippen LogP) is 3.06. The van der Waals surface area contributed by atoms with Gasteiger partial charge in [0.25, 0.3) is 0 Å². The van der Waals surface area contributed by atoms with Crippen molar-refractivity contribution in [3.8, 4) is 0 Å². The zero-order chi connectivity index (χ0) is 9.40. The molecule has 1 atom stereocenters. The van der Waals surface area contributed by atoms with E-state index in [4.69, 9.17) is 0 Å². The van der Waals surface area contributed by atoms with Gasteiger partial charge in [0.15, 0.2) is 0 Å². The minimum atomic E-state index is 0.846. The lowest BCUT2D eigenvalue weighted by Crippen LogP contribution is -2.24. The molecule has 1 N–H and O–H groups in total. The minimum absolute atomic E-state index is 0.846. The monoisotopic (exact) mass is 171 g/mol. The van der Waals surface area contributed by atoms with Crippen LogP contribution >= 0.6 is 0 Å². The van der Waals surface area contributed by atoms with Crippen LogP contribution in [0.1, 0.15) is 47.0 Å². The second-order valence-corrected chi connectivity index (χ2v) is 4.11. The van der Waals surface area contributed by atoms with Crippen LogP contribution in [0.25, 0.3) is 0 Å². The topological polar surface area (TPSA) is 12.0 Å². The molecular formula is C11H25N. The maximum atomic E-state index is 3.49. The molecule has 0 amide bonds. The van der Waals surface area contributed by atoms with E-state index in [-0.39, 0.29) is 0 Å². The van der Waals surface area contributed by atoms with E-state index in [0.29, 0.717) is 0 Å². The molecule has 0 aromatic rings. The van der Waals surface area contributed by atoms with Gasteiger partial charge >= 0.3 is 0 Å². The van der Waals surface area contributed by atoms with E-state index < -0.39 is 0 Å². The molecule has 0 rings (SSSR count). The van der Waals surface area contributed by atoms with Crippen LogP contribution in [0.15, 0.2) is 0 Å². The Morgan fingerprint density at radius 3 is 2.25 bits per heavy atom. The van der Waals surface area contributed by atoms with Crippen LogP contribution < -0.4 is 5.32 Å². The van der Waals surface area contributed by atoms with Crippen molar-refractivity contribution < 1.29 is 0 Å². The molecule has 1 heteroatoms. The van der Waals surface area contributed by atoms with Crippen LogP contribution in [0.2, 0.25) is 0 Å². The third-order valence-electron chi connectivity index (χ3n) is 2.24. The van der Waals surface area contributed by atoms with Gasteiger partial charge in [-0.25, -0.2) is 0 Å². The molecule has 0 aliphatic heterocycles. The highest BCUT2D eigenvalue weighted by Crippen LogP contribution is 2.13. The zero-order valence-corrected chi connectivity index (χ0v) is 9.19. The first-order chi connectivity index (χ1) is 5.70. The largest absolute Gasteiger partial charge is 0.316 e. The van der Waals surface area contributed by atoms with Crippen molar-refractivity contribution in [1.29, 1.82) is 0 Å². The smallest absolute Gasteiger partial charge is 0.00205 e. The molecule has 0 heterocycles. The van der Waals surface area contributed by atoms with E-state index in [1.165, 1.54) is 32.4 Å². The van der Waals surface area contributed by atoms with E-state index in [1.807, 2.05) is 0 Å². The van der Waals surface area contributed by atoms with Crippen LogP contribution in [-0.4, -0.2) is 13.1 Å². The summed E-state index contributed by atoms with van der Waals surface area (Å²) in [5.74, 6) is 1.73. The molecule has 0 radical (unpaired) electrons. The second kappa shape index (κ2) is 7.60. The lowest BCUT2D eigenvalue weighted by atomic mass is 9.95. The van der Waals surface area contributed by atoms with E-state index in [2.05, 4.69) is 33.0 Å². The predicted molar refractivity (Wildman–Crippen MR) is 56.4 cm³/mol. The van der Waals surface area contributed by atoms with Crippen molar-refractivity contribution in [2.75, 3.05) is 13.1 Å². The highest BCUT2D eigenvalue weighted by Gasteiger charge is 2.07. The quantitative estimate of drug-likeness (QED) is 0.580. The number of rotatable bonds is 7. The Balaban J connectivity index is 3.39. The van der Waals surface area contributed by atoms with Gasteiger partial charge in [-0.3, -0.25) is 0 Å². The second-order valence-electron chi connectivity index (χ2n) is 4.11. The lowest BCUT2D eigenvalue weighted by molar-refractivity contribution is 0.378. The summed E-state index contributed by atoms with van der Waals surface area (Å²) < 4.78 is 0. The molecule has 0 aliphatic carbocycles. The molecule has 0 spiro atoms. The van der Waals surface area contributed by atoms with E-state index in [0.717, 1.165) is 11.8 Å². The first kappa shape index (κ1) is 12.0. The summed E-state index contributed by atoms with van der Waals surface area (Å²) in [6, 6.07) is 0. The van der Waals surface area contributed by atoms with Crippen molar-refractivity contribution in [2.24, 2.45) is 11.8 Å². The van der Waals surface area contributed by atoms with Crippen molar-refractivity contribution >= 4 is 0 Å². The third-order valence-corrected chi connectivity index (χ3v) is 2.24. The molecule has 0 aromatic carbocycles. The van der Waals surface area contributed by atoms with Crippen molar-refractivity contribution in [3.63, 3.8) is 0 Å².